The van der Waals surface area contributed by atoms with E-state index in [1.54, 1.807) is 0 Å². The monoisotopic (exact) mass is 193 g/mol. The minimum atomic E-state index is -0.169. The van der Waals surface area contributed by atoms with Gasteiger partial charge < -0.3 is 0 Å². The third-order valence-electron chi connectivity index (χ3n) is 0.160. The Morgan fingerprint density at radius 1 is 1.71 bits per heavy atom. The maximum Gasteiger partial charge on any atom is 0 e. The van der Waals surface area contributed by atoms with Crippen LogP contribution in [-0.4, -0.2) is 15.6 Å². The molecule has 0 heterocycles. The third kappa shape index (κ3) is 20.4. The summed E-state index contributed by atoms with van der Waals surface area (Å²) in [6.45, 7) is 3.16. The molecule has 0 aromatic rings. The van der Waals surface area contributed by atoms with Crippen LogP contribution in [0.3, 0.4) is 0 Å². The van der Waals surface area contributed by atoms with Gasteiger partial charge in [-0.1, -0.05) is 0 Å². The summed E-state index contributed by atoms with van der Waals surface area (Å²) in [5.41, 5.74) is 0. The summed E-state index contributed by atoms with van der Waals surface area (Å²) < 4.78 is -0.169. The summed E-state index contributed by atoms with van der Waals surface area (Å²) in [7, 11) is 0. The topological polar surface area (TPSA) is 17.1 Å². The fraction of sp³-hybridized carbons (Fsp3) is 0. The summed E-state index contributed by atoms with van der Waals surface area (Å²) in [5.74, 6) is 0. The molecule has 0 saturated heterocycles. The predicted molar refractivity (Wildman–Crippen MR) is 21.0 cm³/mol. The fourth-order valence-corrected chi connectivity index (χ4v) is 0. The Bertz CT molecular complexity index is 64.0. The van der Waals surface area contributed by atoms with Gasteiger partial charge in [-0.25, -0.2) is 0 Å². The van der Waals surface area contributed by atoms with E-state index in [1.165, 1.54) is 6.08 Å². The van der Waals surface area contributed by atoms with E-state index in [0.717, 1.165) is 0 Å². The Labute approximate surface area is 66.2 Å². The molecular weight excluding hydrogens is 190 g/mol. The molecule has 0 spiro atoms. The SMILES string of the molecule is C=C[C](=O)[Mn].[Mn].[Si]. The van der Waals surface area contributed by atoms with E-state index in [0.29, 0.717) is 0 Å². The molecule has 1 nitrogen and oxygen atoms in total. The molecule has 0 aromatic heterocycles. The summed E-state index contributed by atoms with van der Waals surface area (Å²) in [6, 6.07) is 0. The van der Waals surface area contributed by atoms with Crippen molar-refractivity contribution in [3.63, 3.8) is 0 Å². The van der Waals surface area contributed by atoms with Crippen LogP contribution >= 0.6 is 0 Å². The summed E-state index contributed by atoms with van der Waals surface area (Å²) in [6.07, 6.45) is 1.19. The fourth-order valence-electron chi connectivity index (χ4n) is 0. The zero-order valence-electron chi connectivity index (χ0n) is 3.45. The van der Waals surface area contributed by atoms with Gasteiger partial charge >= 0.3 is 38.1 Å². The standard InChI is InChI=1S/C3H3O.2Mn.Si/c1-2-3-4;;;/h2H,1H2;;;. The Kier molecular flexibility index (Phi) is 22.0. The number of hydrogen-bond donors (Lipinski definition) is 0. The molecule has 4 heteroatoms. The maximum atomic E-state index is 9.61. The third-order valence-corrected chi connectivity index (χ3v) is 0.401. The average Bonchev–Trinajstić information content (AvgIpc) is 1.38. The molecule has 0 atom stereocenters. The molecule has 0 aromatic carbocycles. The number of carbonyl (C=O) groups excluding carboxylic acids is 1. The van der Waals surface area contributed by atoms with E-state index < -0.39 is 0 Å². The second-order valence-corrected chi connectivity index (χ2v) is 1.09. The molecule has 0 rings (SSSR count). The van der Waals surface area contributed by atoms with Gasteiger partial charge in [-0.15, -0.1) is 0 Å². The molecule has 5 radical (unpaired) electrons. The molecule has 0 saturated carbocycles. The van der Waals surface area contributed by atoms with E-state index in [4.69, 9.17) is 0 Å². The van der Waals surface area contributed by atoms with Crippen molar-refractivity contribution in [3.05, 3.63) is 12.7 Å². The van der Waals surface area contributed by atoms with Crippen LogP contribution in [0.15, 0.2) is 12.7 Å². The minimum absolute atomic E-state index is 0. The van der Waals surface area contributed by atoms with Crippen LogP contribution in [0.2, 0.25) is 0 Å². The van der Waals surface area contributed by atoms with Crippen LogP contribution < -0.4 is 0 Å². The van der Waals surface area contributed by atoms with Gasteiger partial charge in [-0.3, -0.25) is 0 Å². The van der Waals surface area contributed by atoms with Crippen molar-refractivity contribution in [2.45, 2.75) is 0 Å². The number of allylic oxidation sites excluding steroid dienone is 1. The van der Waals surface area contributed by atoms with E-state index >= 15 is 0 Å². The molecular formula is C3H3Mn2OSi. The maximum absolute atomic E-state index is 9.61. The molecule has 0 aliphatic carbocycles. The van der Waals surface area contributed by atoms with Gasteiger partial charge in [0.05, 0.1) is 0 Å². The van der Waals surface area contributed by atoms with E-state index in [1.807, 2.05) is 0 Å². The van der Waals surface area contributed by atoms with Crippen molar-refractivity contribution >= 4 is 15.6 Å². The quantitative estimate of drug-likeness (QED) is 0.418. The Balaban J connectivity index is -0.0000000800. The summed E-state index contributed by atoms with van der Waals surface area (Å²) >= 11 is 2.62. The molecule has 0 aliphatic heterocycles. The molecule has 39 valence electrons. The smallest absolute Gasteiger partial charge is 0 e. The first kappa shape index (κ1) is 15.6. The van der Waals surface area contributed by atoms with Crippen LogP contribution in [0.25, 0.3) is 0 Å². The Hall–Kier alpha value is 0.666. The van der Waals surface area contributed by atoms with Crippen molar-refractivity contribution in [1.82, 2.24) is 0 Å². The van der Waals surface area contributed by atoms with E-state index in [-0.39, 0.29) is 32.7 Å². The van der Waals surface area contributed by atoms with Crippen LogP contribution in [0.5, 0.6) is 0 Å². The van der Waals surface area contributed by atoms with Crippen molar-refractivity contribution in [2.24, 2.45) is 0 Å². The van der Waals surface area contributed by atoms with Crippen molar-refractivity contribution in [3.8, 4) is 0 Å². The van der Waals surface area contributed by atoms with Gasteiger partial charge in [-0.05, 0) is 0 Å². The molecule has 0 N–H and O–H groups in total. The number of carbonyl (C=O) groups is 1. The van der Waals surface area contributed by atoms with Crippen LogP contribution in [0.4, 0.5) is 0 Å². The Morgan fingerprint density at radius 2 is 1.86 bits per heavy atom. The zero-order chi connectivity index (χ0) is 4.28. The Morgan fingerprint density at radius 3 is 1.86 bits per heavy atom. The largest absolute Gasteiger partial charge is 0 e. The molecule has 0 amide bonds. The van der Waals surface area contributed by atoms with Crippen LogP contribution in [0, 0.1) is 0 Å². The second-order valence-electron chi connectivity index (χ2n) is 0.508. The minimum Gasteiger partial charge on any atom is 0 e. The molecule has 0 unspecified atom stereocenters. The average molecular weight is 193 g/mol. The van der Waals surface area contributed by atoms with Crippen molar-refractivity contribution in [1.29, 1.82) is 0 Å². The van der Waals surface area contributed by atoms with Gasteiger partial charge in [0.15, 0.2) is 0 Å². The van der Waals surface area contributed by atoms with Crippen LogP contribution in [0.1, 0.15) is 0 Å². The van der Waals surface area contributed by atoms with Gasteiger partial charge in [0.25, 0.3) is 0 Å². The molecule has 0 fully saturated rings. The van der Waals surface area contributed by atoms with Crippen molar-refractivity contribution < 1.29 is 37.9 Å². The van der Waals surface area contributed by atoms with E-state index in [9.17, 15) is 4.79 Å². The van der Waals surface area contributed by atoms with Crippen LogP contribution in [-0.2, 0) is 37.9 Å². The normalized spacial score (nSPS) is 4.71. The zero-order valence-corrected chi connectivity index (χ0v) is 6.81. The van der Waals surface area contributed by atoms with E-state index in [2.05, 4.69) is 22.6 Å². The summed E-state index contributed by atoms with van der Waals surface area (Å²) in [4.78, 5) is 9.61. The first-order chi connectivity index (χ1) is 2.27. The van der Waals surface area contributed by atoms with Gasteiger partial charge in [0.1, 0.15) is 0 Å². The molecule has 0 bridgehead atoms. The molecule has 7 heavy (non-hydrogen) atoms. The van der Waals surface area contributed by atoms with Crippen molar-refractivity contribution in [2.75, 3.05) is 0 Å². The predicted octanol–water partition coefficient (Wildman–Crippen LogP) is -0.138. The summed E-state index contributed by atoms with van der Waals surface area (Å²) in [5, 5.41) is 0. The first-order valence-electron chi connectivity index (χ1n) is 1.09. The second kappa shape index (κ2) is 9.83. The molecule has 0 aliphatic rings. The van der Waals surface area contributed by atoms with Gasteiger partial charge in [-0.2, -0.15) is 0 Å². The number of rotatable bonds is 1. The first-order valence-corrected chi connectivity index (χ1v) is 1.68. The number of hydrogen-bond acceptors (Lipinski definition) is 1. The van der Waals surface area contributed by atoms with Gasteiger partial charge in [0, 0.05) is 28.0 Å². The van der Waals surface area contributed by atoms with Gasteiger partial charge in [0.2, 0.25) is 0 Å².